The number of fused-ring (bicyclic) bond motifs is 1. The number of furan rings is 2. The standard InChI is InChI=1S/C27H32O10/c1-15(28)34-19-10-11-25(4,31)27-21(36-23(30)18-9-7-13-33-18)16(24(2,3)37-27)14-20(26(19,27)5)35-22(29)17-8-6-12-32-17/h6-9,12-13,16,19-21,31H,10-11,14H2,1-5H3. The van der Waals surface area contributed by atoms with Crippen LogP contribution in [0.5, 0.6) is 0 Å². The summed E-state index contributed by atoms with van der Waals surface area (Å²) in [6.07, 6.45) is 0.800. The number of carbonyl (C=O) groups excluding carboxylic acids is 3. The van der Waals surface area contributed by atoms with Crippen LogP contribution in [-0.2, 0) is 23.7 Å². The minimum atomic E-state index is -1.60. The third-order valence-corrected chi connectivity index (χ3v) is 8.62. The zero-order chi connectivity index (χ0) is 26.8. The number of carbonyl (C=O) groups is 3. The summed E-state index contributed by atoms with van der Waals surface area (Å²) in [5.41, 5.74) is -5.35. The van der Waals surface area contributed by atoms with Crippen LogP contribution in [0.25, 0.3) is 0 Å². The predicted octanol–water partition coefficient (Wildman–Crippen LogP) is 3.67. The summed E-state index contributed by atoms with van der Waals surface area (Å²) in [5, 5.41) is 12.0. The van der Waals surface area contributed by atoms with Crippen LogP contribution in [-0.4, -0.2) is 58.1 Å². The van der Waals surface area contributed by atoms with Gasteiger partial charge in [-0.2, -0.15) is 0 Å². The molecule has 10 nitrogen and oxygen atoms in total. The fourth-order valence-corrected chi connectivity index (χ4v) is 6.94. The van der Waals surface area contributed by atoms with Gasteiger partial charge in [0.25, 0.3) is 0 Å². The van der Waals surface area contributed by atoms with E-state index in [-0.39, 0.29) is 30.8 Å². The molecule has 200 valence electrons. The number of hydrogen-bond acceptors (Lipinski definition) is 10. The lowest BCUT2D eigenvalue weighted by Gasteiger charge is -2.64. The molecule has 2 aliphatic carbocycles. The first kappa shape index (κ1) is 25.5. The molecule has 1 saturated heterocycles. The van der Waals surface area contributed by atoms with E-state index in [1.165, 1.54) is 31.6 Å². The molecule has 7 atom stereocenters. The predicted molar refractivity (Wildman–Crippen MR) is 125 cm³/mol. The van der Waals surface area contributed by atoms with Crippen molar-refractivity contribution in [1.29, 1.82) is 0 Å². The van der Waals surface area contributed by atoms with Gasteiger partial charge in [-0.05, 0) is 71.2 Å². The van der Waals surface area contributed by atoms with E-state index in [0.29, 0.717) is 0 Å². The van der Waals surface area contributed by atoms with E-state index in [1.807, 2.05) is 13.8 Å². The van der Waals surface area contributed by atoms with Crippen LogP contribution in [0.1, 0.15) is 75.0 Å². The second kappa shape index (κ2) is 8.46. The largest absolute Gasteiger partial charge is 0.462 e. The first-order valence-corrected chi connectivity index (χ1v) is 12.4. The highest BCUT2D eigenvalue weighted by atomic mass is 16.6. The molecule has 0 radical (unpaired) electrons. The van der Waals surface area contributed by atoms with E-state index in [1.54, 1.807) is 26.0 Å². The molecule has 10 heteroatoms. The molecule has 2 aromatic rings. The SMILES string of the molecule is CC(=O)OC1CCC(C)(O)C23OC(C)(C)C(CC(OC(=O)c4ccco4)C12C)C3OC(=O)c1ccco1. The van der Waals surface area contributed by atoms with Crippen molar-refractivity contribution in [2.45, 2.75) is 89.0 Å². The summed E-state index contributed by atoms with van der Waals surface area (Å²) in [5.74, 6) is -2.38. The fourth-order valence-electron chi connectivity index (χ4n) is 6.94. The minimum Gasteiger partial charge on any atom is -0.462 e. The second-order valence-electron chi connectivity index (χ2n) is 11.2. The Labute approximate surface area is 214 Å². The van der Waals surface area contributed by atoms with Gasteiger partial charge >= 0.3 is 17.9 Å². The van der Waals surface area contributed by atoms with Crippen molar-refractivity contribution in [3.8, 4) is 0 Å². The number of rotatable bonds is 5. The first-order valence-electron chi connectivity index (χ1n) is 12.4. The highest BCUT2D eigenvalue weighted by Crippen LogP contribution is 2.68. The lowest BCUT2D eigenvalue weighted by molar-refractivity contribution is -0.326. The van der Waals surface area contributed by atoms with Gasteiger partial charge in [0.05, 0.1) is 29.1 Å². The Morgan fingerprint density at radius 2 is 1.51 bits per heavy atom. The highest BCUT2D eigenvalue weighted by Gasteiger charge is 2.82. The summed E-state index contributed by atoms with van der Waals surface area (Å²) < 4.78 is 35.2. The summed E-state index contributed by atoms with van der Waals surface area (Å²) >= 11 is 0. The Bertz CT molecular complexity index is 1180. The topological polar surface area (TPSA) is 135 Å². The molecule has 2 aromatic heterocycles. The Hall–Kier alpha value is -3.11. The number of esters is 3. The summed E-state index contributed by atoms with van der Waals surface area (Å²) in [7, 11) is 0. The minimum absolute atomic E-state index is 0.00803. The zero-order valence-corrected chi connectivity index (χ0v) is 21.5. The molecule has 7 unspecified atom stereocenters. The Morgan fingerprint density at radius 3 is 2.05 bits per heavy atom. The van der Waals surface area contributed by atoms with E-state index in [2.05, 4.69) is 0 Å². The van der Waals surface area contributed by atoms with Gasteiger partial charge in [0.1, 0.15) is 23.9 Å². The van der Waals surface area contributed by atoms with Gasteiger partial charge in [0.2, 0.25) is 11.5 Å². The average molecular weight is 517 g/mol. The van der Waals surface area contributed by atoms with Crippen LogP contribution in [0, 0.1) is 11.3 Å². The molecule has 5 rings (SSSR count). The molecular formula is C27H32O10. The fraction of sp³-hybridized carbons (Fsp3) is 0.593. The molecule has 1 aliphatic heterocycles. The molecule has 1 spiro atoms. The van der Waals surface area contributed by atoms with Gasteiger partial charge in [-0.25, -0.2) is 9.59 Å². The van der Waals surface area contributed by atoms with Crippen molar-refractivity contribution >= 4 is 17.9 Å². The molecule has 37 heavy (non-hydrogen) atoms. The summed E-state index contributed by atoms with van der Waals surface area (Å²) in [6.45, 7) is 8.38. The van der Waals surface area contributed by atoms with Crippen molar-refractivity contribution in [2.24, 2.45) is 11.3 Å². The molecule has 0 aromatic carbocycles. The summed E-state index contributed by atoms with van der Waals surface area (Å²) in [4.78, 5) is 38.4. The smallest absolute Gasteiger partial charge is 0.374 e. The van der Waals surface area contributed by atoms with Crippen LogP contribution in [0.4, 0.5) is 0 Å². The van der Waals surface area contributed by atoms with Crippen LogP contribution in [0.15, 0.2) is 45.6 Å². The molecule has 3 fully saturated rings. The Morgan fingerprint density at radius 1 is 0.919 bits per heavy atom. The molecule has 2 bridgehead atoms. The van der Waals surface area contributed by atoms with Gasteiger partial charge in [-0.15, -0.1) is 0 Å². The number of ether oxygens (including phenoxy) is 4. The normalized spacial score (nSPS) is 37.9. The van der Waals surface area contributed by atoms with Crippen LogP contribution in [0.3, 0.4) is 0 Å². The van der Waals surface area contributed by atoms with E-state index >= 15 is 0 Å². The van der Waals surface area contributed by atoms with Crippen molar-refractivity contribution in [3.63, 3.8) is 0 Å². The third-order valence-electron chi connectivity index (χ3n) is 8.62. The maximum Gasteiger partial charge on any atom is 0.374 e. The van der Waals surface area contributed by atoms with Crippen LogP contribution >= 0.6 is 0 Å². The van der Waals surface area contributed by atoms with Crippen LogP contribution in [0.2, 0.25) is 0 Å². The van der Waals surface area contributed by atoms with Crippen LogP contribution < -0.4 is 0 Å². The van der Waals surface area contributed by atoms with Gasteiger partial charge < -0.3 is 32.9 Å². The van der Waals surface area contributed by atoms with Gasteiger partial charge in [0.15, 0.2) is 0 Å². The Kier molecular flexibility index (Phi) is 5.84. The zero-order valence-electron chi connectivity index (χ0n) is 21.5. The van der Waals surface area contributed by atoms with E-state index in [9.17, 15) is 19.5 Å². The molecule has 1 N–H and O–H groups in total. The van der Waals surface area contributed by atoms with E-state index in [0.717, 1.165) is 0 Å². The van der Waals surface area contributed by atoms with E-state index < -0.39 is 64.4 Å². The van der Waals surface area contributed by atoms with E-state index in [4.69, 9.17) is 27.8 Å². The summed E-state index contributed by atoms with van der Waals surface area (Å²) in [6, 6.07) is 6.14. The molecule has 3 aliphatic rings. The number of aliphatic hydroxyl groups is 1. The molecule has 2 saturated carbocycles. The molecule has 3 heterocycles. The Balaban J connectivity index is 1.65. The third kappa shape index (κ3) is 3.64. The van der Waals surface area contributed by atoms with Crippen molar-refractivity contribution in [3.05, 3.63) is 48.3 Å². The van der Waals surface area contributed by atoms with Crippen molar-refractivity contribution < 1.29 is 47.3 Å². The molecule has 0 amide bonds. The lowest BCUT2D eigenvalue weighted by atomic mass is 9.47. The van der Waals surface area contributed by atoms with Crippen molar-refractivity contribution in [2.75, 3.05) is 0 Å². The quantitative estimate of drug-likeness (QED) is 0.463. The average Bonchev–Trinajstić information content (AvgIpc) is 3.55. The van der Waals surface area contributed by atoms with Crippen molar-refractivity contribution in [1.82, 2.24) is 0 Å². The van der Waals surface area contributed by atoms with Gasteiger partial charge in [-0.3, -0.25) is 4.79 Å². The maximum atomic E-state index is 13.1. The number of hydrogen-bond donors (Lipinski definition) is 1. The second-order valence-corrected chi connectivity index (χ2v) is 11.2. The monoisotopic (exact) mass is 516 g/mol. The highest BCUT2D eigenvalue weighted by molar-refractivity contribution is 5.87. The molecular weight excluding hydrogens is 484 g/mol. The maximum absolute atomic E-state index is 13.1. The van der Waals surface area contributed by atoms with Gasteiger partial charge in [-0.1, -0.05) is 0 Å². The lowest BCUT2D eigenvalue weighted by Crippen LogP contribution is -2.79. The van der Waals surface area contributed by atoms with Gasteiger partial charge in [0, 0.05) is 12.8 Å². The first-order chi connectivity index (χ1) is 17.3.